The van der Waals surface area contributed by atoms with E-state index in [1.165, 1.54) is 31.5 Å². The zero-order valence-electron chi connectivity index (χ0n) is 9.41. The molecule has 1 atom stereocenters. The zero-order valence-corrected chi connectivity index (χ0v) is 10.2. The largest absolute Gasteiger partial charge is 0.329 e. The van der Waals surface area contributed by atoms with Crippen LogP contribution in [0.15, 0.2) is 16.8 Å². The summed E-state index contributed by atoms with van der Waals surface area (Å²) in [6.45, 7) is 5.49. The number of hydrogen-bond donors (Lipinski definition) is 1. The second kappa shape index (κ2) is 4.64. The minimum absolute atomic E-state index is 0.164. The standard InChI is InChI=1S/C12H20N2S/c1-12(10-13,14-5-2-3-6-14)8-11-4-7-15-9-11/h4,7,9H,2-3,5-6,8,10,13H2,1H3. The van der Waals surface area contributed by atoms with E-state index >= 15 is 0 Å². The highest BCUT2D eigenvalue weighted by molar-refractivity contribution is 7.07. The van der Waals surface area contributed by atoms with Gasteiger partial charge in [0, 0.05) is 12.1 Å². The highest BCUT2D eigenvalue weighted by Crippen LogP contribution is 2.25. The molecule has 1 aromatic heterocycles. The fourth-order valence-electron chi connectivity index (χ4n) is 2.40. The van der Waals surface area contributed by atoms with Gasteiger partial charge < -0.3 is 5.73 Å². The van der Waals surface area contributed by atoms with E-state index in [0.29, 0.717) is 0 Å². The Kier molecular flexibility index (Phi) is 3.44. The molecule has 3 heteroatoms. The van der Waals surface area contributed by atoms with Gasteiger partial charge in [-0.15, -0.1) is 0 Å². The van der Waals surface area contributed by atoms with E-state index in [2.05, 4.69) is 28.7 Å². The number of nitrogens with zero attached hydrogens (tertiary/aromatic N) is 1. The Morgan fingerprint density at radius 1 is 1.47 bits per heavy atom. The van der Waals surface area contributed by atoms with Crippen LogP contribution in [0.25, 0.3) is 0 Å². The topological polar surface area (TPSA) is 29.3 Å². The van der Waals surface area contributed by atoms with Crippen LogP contribution in [-0.4, -0.2) is 30.1 Å². The number of thiophene rings is 1. The predicted octanol–water partition coefficient (Wildman–Crippen LogP) is 2.10. The Bertz CT molecular complexity index is 291. The van der Waals surface area contributed by atoms with Gasteiger partial charge >= 0.3 is 0 Å². The lowest BCUT2D eigenvalue weighted by molar-refractivity contribution is 0.143. The van der Waals surface area contributed by atoms with E-state index in [4.69, 9.17) is 5.73 Å². The van der Waals surface area contributed by atoms with Crippen LogP contribution in [0.4, 0.5) is 0 Å². The highest BCUT2D eigenvalue weighted by Gasteiger charge is 2.32. The van der Waals surface area contributed by atoms with Crippen LogP contribution in [0.2, 0.25) is 0 Å². The van der Waals surface area contributed by atoms with Crippen LogP contribution >= 0.6 is 11.3 Å². The van der Waals surface area contributed by atoms with Crippen molar-refractivity contribution in [2.45, 2.75) is 31.7 Å². The first-order valence-electron chi connectivity index (χ1n) is 5.71. The lowest BCUT2D eigenvalue weighted by atomic mass is 9.92. The quantitative estimate of drug-likeness (QED) is 0.848. The van der Waals surface area contributed by atoms with Gasteiger partial charge in [-0.25, -0.2) is 0 Å². The smallest absolute Gasteiger partial charge is 0.0344 e. The molecular weight excluding hydrogens is 204 g/mol. The van der Waals surface area contributed by atoms with Crippen molar-refractivity contribution in [3.8, 4) is 0 Å². The molecular formula is C12H20N2S. The summed E-state index contributed by atoms with van der Waals surface area (Å²) in [5.41, 5.74) is 7.56. The van der Waals surface area contributed by atoms with Crippen molar-refractivity contribution in [2.24, 2.45) is 5.73 Å². The van der Waals surface area contributed by atoms with Gasteiger partial charge in [-0.2, -0.15) is 11.3 Å². The molecule has 1 unspecified atom stereocenters. The van der Waals surface area contributed by atoms with Gasteiger partial charge in [0.2, 0.25) is 0 Å². The predicted molar refractivity (Wildman–Crippen MR) is 66.3 cm³/mol. The summed E-state index contributed by atoms with van der Waals surface area (Å²) < 4.78 is 0. The van der Waals surface area contributed by atoms with E-state index in [0.717, 1.165) is 13.0 Å². The molecule has 0 radical (unpaired) electrons. The fraction of sp³-hybridized carbons (Fsp3) is 0.667. The third-order valence-electron chi connectivity index (χ3n) is 3.47. The summed E-state index contributed by atoms with van der Waals surface area (Å²) in [6.07, 6.45) is 3.76. The Morgan fingerprint density at radius 2 is 2.20 bits per heavy atom. The van der Waals surface area contributed by atoms with E-state index in [1.54, 1.807) is 11.3 Å². The lowest BCUT2D eigenvalue weighted by Gasteiger charge is -2.38. The molecule has 2 heterocycles. The molecule has 0 aromatic carbocycles. The molecule has 1 fully saturated rings. The third kappa shape index (κ3) is 2.41. The summed E-state index contributed by atoms with van der Waals surface area (Å²) in [5.74, 6) is 0. The van der Waals surface area contributed by atoms with Crippen molar-refractivity contribution in [3.63, 3.8) is 0 Å². The maximum atomic E-state index is 5.97. The minimum atomic E-state index is 0.164. The molecule has 1 aliphatic rings. The SMILES string of the molecule is CC(CN)(Cc1ccsc1)N1CCCC1. The maximum Gasteiger partial charge on any atom is 0.0344 e. The first kappa shape index (κ1) is 11.1. The van der Waals surface area contributed by atoms with Gasteiger partial charge in [-0.05, 0) is 61.7 Å². The molecule has 0 spiro atoms. The fourth-order valence-corrected chi connectivity index (χ4v) is 3.07. The first-order valence-corrected chi connectivity index (χ1v) is 6.65. The van der Waals surface area contributed by atoms with Gasteiger partial charge in [0.1, 0.15) is 0 Å². The van der Waals surface area contributed by atoms with Crippen LogP contribution in [0.1, 0.15) is 25.3 Å². The Hall–Kier alpha value is -0.380. The zero-order chi connectivity index (χ0) is 10.7. The van der Waals surface area contributed by atoms with Gasteiger partial charge in [0.25, 0.3) is 0 Å². The average Bonchev–Trinajstić information content (AvgIpc) is 2.89. The Morgan fingerprint density at radius 3 is 2.73 bits per heavy atom. The minimum Gasteiger partial charge on any atom is -0.329 e. The van der Waals surface area contributed by atoms with Crippen molar-refractivity contribution in [1.29, 1.82) is 0 Å². The van der Waals surface area contributed by atoms with Crippen molar-refractivity contribution in [3.05, 3.63) is 22.4 Å². The second-order valence-electron chi connectivity index (χ2n) is 4.70. The van der Waals surface area contributed by atoms with Gasteiger partial charge in [0.15, 0.2) is 0 Å². The number of likely N-dealkylation sites (tertiary alicyclic amines) is 1. The average molecular weight is 224 g/mol. The second-order valence-corrected chi connectivity index (χ2v) is 5.48. The van der Waals surface area contributed by atoms with Crippen LogP contribution in [0, 0.1) is 0 Å². The summed E-state index contributed by atoms with van der Waals surface area (Å²) in [4.78, 5) is 2.56. The number of hydrogen-bond acceptors (Lipinski definition) is 3. The molecule has 2 nitrogen and oxygen atoms in total. The molecule has 0 aliphatic carbocycles. The van der Waals surface area contributed by atoms with Crippen LogP contribution in [0.3, 0.4) is 0 Å². The van der Waals surface area contributed by atoms with Crippen molar-refractivity contribution < 1.29 is 0 Å². The van der Waals surface area contributed by atoms with Crippen LogP contribution < -0.4 is 5.73 Å². The highest BCUT2D eigenvalue weighted by atomic mass is 32.1. The van der Waals surface area contributed by atoms with Crippen molar-refractivity contribution in [1.82, 2.24) is 4.90 Å². The molecule has 15 heavy (non-hydrogen) atoms. The van der Waals surface area contributed by atoms with Crippen molar-refractivity contribution in [2.75, 3.05) is 19.6 Å². The normalized spacial score (nSPS) is 21.7. The van der Waals surface area contributed by atoms with Gasteiger partial charge in [-0.1, -0.05) is 0 Å². The molecule has 84 valence electrons. The van der Waals surface area contributed by atoms with E-state index < -0.39 is 0 Å². The molecule has 1 aromatic rings. The number of rotatable bonds is 4. The van der Waals surface area contributed by atoms with Crippen LogP contribution in [-0.2, 0) is 6.42 Å². The first-order chi connectivity index (χ1) is 7.24. The monoisotopic (exact) mass is 224 g/mol. The van der Waals surface area contributed by atoms with Crippen LogP contribution in [0.5, 0.6) is 0 Å². The third-order valence-corrected chi connectivity index (χ3v) is 4.21. The molecule has 1 aliphatic heterocycles. The molecule has 2 N–H and O–H groups in total. The summed E-state index contributed by atoms with van der Waals surface area (Å²) in [5, 5.41) is 4.39. The Balaban J connectivity index is 2.06. The molecule has 0 amide bonds. The molecule has 0 saturated carbocycles. The van der Waals surface area contributed by atoms with E-state index in [9.17, 15) is 0 Å². The van der Waals surface area contributed by atoms with Gasteiger partial charge in [-0.3, -0.25) is 4.90 Å². The Labute approximate surface area is 96.1 Å². The maximum absolute atomic E-state index is 5.97. The molecule has 2 rings (SSSR count). The number of nitrogens with two attached hydrogens (primary N) is 1. The lowest BCUT2D eigenvalue weighted by Crippen LogP contribution is -2.51. The summed E-state index contributed by atoms with van der Waals surface area (Å²) in [7, 11) is 0. The molecule has 0 bridgehead atoms. The van der Waals surface area contributed by atoms with Crippen molar-refractivity contribution >= 4 is 11.3 Å². The molecule has 1 saturated heterocycles. The van der Waals surface area contributed by atoms with Gasteiger partial charge in [0.05, 0.1) is 0 Å². The summed E-state index contributed by atoms with van der Waals surface area (Å²) in [6, 6.07) is 2.22. The van der Waals surface area contributed by atoms with E-state index in [1.807, 2.05) is 0 Å². The van der Waals surface area contributed by atoms with E-state index in [-0.39, 0.29) is 5.54 Å². The summed E-state index contributed by atoms with van der Waals surface area (Å²) >= 11 is 1.77.